The molecule has 1 aliphatic rings. The largest absolute Gasteiger partial charge is 0.351 e. The fourth-order valence-corrected chi connectivity index (χ4v) is 3.47. The van der Waals surface area contributed by atoms with Gasteiger partial charge in [-0.1, -0.05) is 43.5 Å². The van der Waals surface area contributed by atoms with E-state index in [-0.39, 0.29) is 0 Å². The summed E-state index contributed by atoms with van der Waals surface area (Å²) in [6.45, 7) is 2.12. The van der Waals surface area contributed by atoms with Crippen LogP contribution in [0, 0.1) is 6.92 Å². The Morgan fingerprint density at radius 3 is 2.67 bits per heavy atom. The van der Waals surface area contributed by atoms with E-state index in [9.17, 15) is 0 Å². The number of anilines is 1. The lowest BCUT2D eigenvalue weighted by molar-refractivity contribution is 0.461. The first-order valence-electron chi connectivity index (χ1n) is 8.75. The summed E-state index contributed by atoms with van der Waals surface area (Å²) in [4.78, 5) is 13.7. The van der Waals surface area contributed by atoms with Crippen molar-refractivity contribution >= 4 is 17.0 Å². The quantitative estimate of drug-likeness (QED) is 0.757. The average Bonchev–Trinajstić information content (AvgIpc) is 2.63. The third-order valence-corrected chi connectivity index (χ3v) is 4.83. The molecule has 0 amide bonds. The molecule has 3 aromatic rings. The molecule has 1 N–H and O–H groups in total. The lowest BCUT2D eigenvalue weighted by Crippen LogP contribution is -2.23. The first-order valence-corrected chi connectivity index (χ1v) is 8.75. The molecule has 4 rings (SSSR count). The Morgan fingerprint density at radius 1 is 1.00 bits per heavy atom. The maximum Gasteiger partial charge on any atom is 0.224 e. The van der Waals surface area contributed by atoms with Crippen LogP contribution < -0.4 is 5.32 Å². The number of pyridine rings is 1. The second kappa shape index (κ2) is 6.56. The summed E-state index contributed by atoms with van der Waals surface area (Å²) >= 11 is 0. The van der Waals surface area contributed by atoms with Gasteiger partial charge in [0, 0.05) is 29.4 Å². The van der Waals surface area contributed by atoms with Crippen LogP contribution in [0.25, 0.3) is 22.2 Å². The van der Waals surface area contributed by atoms with Crippen LogP contribution in [-0.4, -0.2) is 21.0 Å². The summed E-state index contributed by atoms with van der Waals surface area (Å²) in [5.41, 5.74) is 4.31. The average molecular weight is 318 g/mol. The predicted octanol–water partition coefficient (Wildman–Crippen LogP) is 4.74. The number of nitrogens with zero attached hydrogens (tertiary/aromatic N) is 3. The van der Waals surface area contributed by atoms with Crippen molar-refractivity contribution in [3.05, 3.63) is 48.3 Å². The van der Waals surface area contributed by atoms with Crippen LogP contribution in [0.15, 0.2) is 42.7 Å². The molecule has 24 heavy (non-hydrogen) atoms. The Labute approximate surface area is 142 Å². The van der Waals surface area contributed by atoms with Crippen molar-refractivity contribution in [2.75, 3.05) is 5.32 Å². The zero-order valence-corrected chi connectivity index (χ0v) is 14.0. The van der Waals surface area contributed by atoms with Crippen molar-refractivity contribution in [2.24, 2.45) is 0 Å². The minimum absolute atomic E-state index is 0.502. The van der Waals surface area contributed by atoms with E-state index in [0.29, 0.717) is 12.0 Å². The summed E-state index contributed by atoms with van der Waals surface area (Å²) in [5.74, 6) is 0.700. The fourth-order valence-electron chi connectivity index (χ4n) is 3.47. The van der Waals surface area contributed by atoms with Crippen LogP contribution >= 0.6 is 0 Å². The number of fused-ring (bicyclic) bond motifs is 1. The monoisotopic (exact) mass is 318 g/mol. The summed E-state index contributed by atoms with van der Waals surface area (Å²) < 4.78 is 0. The fraction of sp³-hybridized carbons (Fsp3) is 0.350. The van der Waals surface area contributed by atoms with Crippen LogP contribution in [0.3, 0.4) is 0 Å². The molecule has 0 aliphatic heterocycles. The summed E-state index contributed by atoms with van der Waals surface area (Å²) in [6, 6.07) is 11.0. The van der Waals surface area contributed by atoms with Gasteiger partial charge in [-0.25, -0.2) is 9.97 Å². The highest BCUT2D eigenvalue weighted by molar-refractivity contribution is 5.81. The third kappa shape index (κ3) is 3.09. The SMILES string of the molecule is Cc1ccccc1-c1cnc2nc(NC3CCCCC3)ncc2c1. The zero-order chi connectivity index (χ0) is 16.4. The standard InChI is InChI=1S/C20H22N4/c1-14-7-5-6-10-18(14)15-11-16-13-22-20(24-19(16)21-12-15)23-17-8-3-2-4-9-17/h5-7,10-13,17H,2-4,8-9H2,1H3,(H,21,22,23,24). The number of hydrogen-bond donors (Lipinski definition) is 1. The number of rotatable bonds is 3. The zero-order valence-electron chi connectivity index (χ0n) is 14.0. The smallest absolute Gasteiger partial charge is 0.224 e. The molecule has 4 nitrogen and oxygen atoms in total. The predicted molar refractivity (Wildman–Crippen MR) is 98.0 cm³/mol. The van der Waals surface area contributed by atoms with Gasteiger partial charge in [0.25, 0.3) is 0 Å². The molecule has 0 atom stereocenters. The molecule has 0 saturated heterocycles. The molecule has 0 radical (unpaired) electrons. The summed E-state index contributed by atoms with van der Waals surface area (Å²) in [5, 5.41) is 4.44. The minimum atomic E-state index is 0.502. The number of aromatic nitrogens is 3. The van der Waals surface area contributed by atoms with Crippen LogP contribution in [0.5, 0.6) is 0 Å². The normalized spacial score (nSPS) is 15.5. The van der Waals surface area contributed by atoms with E-state index in [2.05, 4.69) is 57.5 Å². The van der Waals surface area contributed by atoms with Gasteiger partial charge in [0.15, 0.2) is 5.65 Å². The van der Waals surface area contributed by atoms with E-state index in [1.807, 2.05) is 12.4 Å². The van der Waals surface area contributed by atoms with Crippen molar-refractivity contribution in [1.29, 1.82) is 0 Å². The Bertz CT molecular complexity index is 853. The molecule has 0 spiro atoms. The maximum absolute atomic E-state index is 4.59. The number of benzene rings is 1. The van der Waals surface area contributed by atoms with Crippen LogP contribution in [0.4, 0.5) is 5.95 Å². The number of nitrogens with one attached hydrogen (secondary N) is 1. The van der Waals surface area contributed by atoms with Gasteiger partial charge in [-0.2, -0.15) is 4.98 Å². The maximum atomic E-state index is 4.59. The van der Waals surface area contributed by atoms with Gasteiger partial charge in [0.05, 0.1) is 0 Å². The molecular weight excluding hydrogens is 296 g/mol. The molecule has 4 heteroatoms. The summed E-state index contributed by atoms with van der Waals surface area (Å²) in [7, 11) is 0. The molecule has 1 fully saturated rings. The minimum Gasteiger partial charge on any atom is -0.351 e. The first-order chi connectivity index (χ1) is 11.8. The van der Waals surface area contributed by atoms with Gasteiger partial charge in [0.1, 0.15) is 0 Å². The molecule has 1 saturated carbocycles. The molecule has 1 aromatic carbocycles. The Balaban J connectivity index is 1.62. The van der Waals surface area contributed by atoms with E-state index in [4.69, 9.17) is 0 Å². The van der Waals surface area contributed by atoms with E-state index in [1.54, 1.807) is 0 Å². The number of hydrogen-bond acceptors (Lipinski definition) is 4. The van der Waals surface area contributed by atoms with Crippen LogP contribution in [0.2, 0.25) is 0 Å². The van der Waals surface area contributed by atoms with E-state index >= 15 is 0 Å². The van der Waals surface area contributed by atoms with Crippen molar-refractivity contribution in [2.45, 2.75) is 45.1 Å². The Morgan fingerprint density at radius 2 is 1.83 bits per heavy atom. The van der Waals surface area contributed by atoms with Crippen LogP contribution in [0.1, 0.15) is 37.7 Å². The lowest BCUT2D eigenvalue weighted by Gasteiger charge is -2.22. The number of aryl methyl sites for hydroxylation is 1. The Kier molecular flexibility index (Phi) is 4.11. The second-order valence-corrected chi connectivity index (χ2v) is 6.62. The highest BCUT2D eigenvalue weighted by Crippen LogP contribution is 2.25. The van der Waals surface area contributed by atoms with Gasteiger partial charge in [-0.15, -0.1) is 0 Å². The van der Waals surface area contributed by atoms with Gasteiger partial charge < -0.3 is 5.32 Å². The highest BCUT2D eigenvalue weighted by atomic mass is 15.1. The van der Waals surface area contributed by atoms with Crippen molar-refractivity contribution in [3.63, 3.8) is 0 Å². The first kappa shape index (κ1) is 15.1. The Hall–Kier alpha value is -2.49. The van der Waals surface area contributed by atoms with E-state index in [1.165, 1.54) is 43.2 Å². The van der Waals surface area contributed by atoms with Crippen molar-refractivity contribution in [3.8, 4) is 11.1 Å². The van der Waals surface area contributed by atoms with E-state index in [0.717, 1.165) is 16.6 Å². The lowest BCUT2D eigenvalue weighted by atomic mass is 9.96. The molecule has 1 aliphatic carbocycles. The van der Waals surface area contributed by atoms with Crippen molar-refractivity contribution < 1.29 is 0 Å². The van der Waals surface area contributed by atoms with E-state index < -0.39 is 0 Å². The molecule has 0 unspecified atom stereocenters. The van der Waals surface area contributed by atoms with Crippen molar-refractivity contribution in [1.82, 2.24) is 15.0 Å². The van der Waals surface area contributed by atoms with Gasteiger partial charge in [0.2, 0.25) is 5.95 Å². The van der Waals surface area contributed by atoms with Gasteiger partial charge in [-0.05, 0) is 37.0 Å². The molecule has 0 bridgehead atoms. The molecule has 122 valence electrons. The summed E-state index contributed by atoms with van der Waals surface area (Å²) in [6.07, 6.45) is 10.1. The second-order valence-electron chi connectivity index (χ2n) is 6.62. The molecule has 2 heterocycles. The van der Waals surface area contributed by atoms with Gasteiger partial charge in [-0.3, -0.25) is 0 Å². The van der Waals surface area contributed by atoms with Gasteiger partial charge >= 0.3 is 0 Å². The molecular formula is C20H22N4. The van der Waals surface area contributed by atoms with Crippen LogP contribution in [-0.2, 0) is 0 Å². The topological polar surface area (TPSA) is 50.7 Å². The third-order valence-electron chi connectivity index (χ3n) is 4.83. The highest BCUT2D eigenvalue weighted by Gasteiger charge is 2.14. The molecule has 2 aromatic heterocycles.